The molecule has 0 atom stereocenters. The number of nitrogens with zero attached hydrogens (tertiary/aromatic N) is 1. The molecule has 4 nitrogen and oxygen atoms in total. The second-order valence-corrected chi connectivity index (χ2v) is 5.08. The minimum absolute atomic E-state index is 0.709. The van der Waals surface area contributed by atoms with Crippen LogP contribution in [0.25, 0.3) is 0 Å². The third kappa shape index (κ3) is 7.67. The van der Waals surface area contributed by atoms with E-state index in [1.165, 1.54) is 0 Å². The van der Waals surface area contributed by atoms with Crippen molar-refractivity contribution < 1.29 is 4.74 Å². The van der Waals surface area contributed by atoms with Crippen LogP contribution in [0.2, 0.25) is 0 Å². The van der Waals surface area contributed by atoms with Crippen molar-refractivity contribution in [3.8, 4) is 0 Å². The summed E-state index contributed by atoms with van der Waals surface area (Å²) in [5.74, 6) is 1.63. The summed E-state index contributed by atoms with van der Waals surface area (Å²) in [6.07, 6.45) is 4.04. The molecule has 19 heavy (non-hydrogen) atoms. The molecular weight excluding hydrogens is 238 g/mol. The minimum Gasteiger partial charge on any atom is -0.383 e. The molecule has 1 aromatic rings. The molecule has 1 heterocycles. The number of rotatable bonds is 10. The first-order valence-corrected chi connectivity index (χ1v) is 7.24. The zero-order chi connectivity index (χ0) is 13.9. The number of anilines is 2. The molecule has 0 unspecified atom stereocenters. The Morgan fingerprint density at radius 3 is 2.79 bits per heavy atom. The van der Waals surface area contributed by atoms with Crippen molar-refractivity contribution in [3.05, 3.63) is 18.3 Å². The number of nitrogens with one attached hydrogen (secondary N) is 2. The molecule has 0 bridgehead atoms. The Morgan fingerprint density at radius 1 is 1.21 bits per heavy atom. The molecule has 0 spiro atoms. The van der Waals surface area contributed by atoms with Crippen molar-refractivity contribution in [1.82, 2.24) is 4.98 Å². The van der Waals surface area contributed by atoms with Crippen molar-refractivity contribution >= 4 is 11.5 Å². The van der Waals surface area contributed by atoms with Crippen LogP contribution in [-0.2, 0) is 4.74 Å². The predicted molar refractivity (Wildman–Crippen MR) is 81.8 cm³/mol. The summed E-state index contributed by atoms with van der Waals surface area (Å²) in [5, 5.41) is 6.62. The van der Waals surface area contributed by atoms with E-state index in [-0.39, 0.29) is 0 Å². The highest BCUT2D eigenvalue weighted by Gasteiger charge is 1.97. The van der Waals surface area contributed by atoms with Crippen LogP contribution < -0.4 is 10.6 Å². The maximum absolute atomic E-state index is 5.57. The lowest BCUT2D eigenvalue weighted by Crippen LogP contribution is -2.11. The summed E-state index contributed by atoms with van der Waals surface area (Å²) >= 11 is 0. The van der Waals surface area contributed by atoms with E-state index in [4.69, 9.17) is 4.74 Å². The molecule has 0 fully saturated rings. The van der Waals surface area contributed by atoms with Crippen LogP contribution in [0.15, 0.2) is 18.3 Å². The zero-order valence-corrected chi connectivity index (χ0v) is 12.4. The molecule has 0 aliphatic carbocycles. The predicted octanol–water partition coefficient (Wildman–Crippen LogP) is 3.38. The van der Waals surface area contributed by atoms with Gasteiger partial charge in [-0.15, -0.1) is 0 Å². The maximum Gasteiger partial charge on any atom is 0.127 e. The lowest BCUT2D eigenvalue weighted by molar-refractivity contribution is 0.132. The van der Waals surface area contributed by atoms with Gasteiger partial charge in [-0.05, 0) is 24.8 Å². The van der Waals surface area contributed by atoms with E-state index in [0.29, 0.717) is 5.92 Å². The highest BCUT2D eigenvalue weighted by molar-refractivity contribution is 5.51. The SMILES string of the molecule is CCCNc1cc(NCCOCCC(C)C)ccn1. The molecule has 0 radical (unpaired) electrons. The van der Waals surface area contributed by atoms with E-state index < -0.39 is 0 Å². The van der Waals surface area contributed by atoms with Crippen molar-refractivity contribution in [2.75, 3.05) is 36.9 Å². The molecule has 0 saturated carbocycles. The van der Waals surface area contributed by atoms with Gasteiger partial charge in [0, 0.05) is 37.6 Å². The monoisotopic (exact) mass is 265 g/mol. The van der Waals surface area contributed by atoms with Crippen LogP contribution >= 0.6 is 0 Å². The molecule has 1 rings (SSSR count). The molecule has 1 aromatic heterocycles. The molecule has 2 N–H and O–H groups in total. The van der Waals surface area contributed by atoms with Gasteiger partial charge in [-0.2, -0.15) is 0 Å². The quantitative estimate of drug-likeness (QED) is 0.637. The van der Waals surface area contributed by atoms with Crippen LogP contribution in [0, 0.1) is 5.92 Å². The average molecular weight is 265 g/mol. The smallest absolute Gasteiger partial charge is 0.127 e. The first-order chi connectivity index (χ1) is 9.22. The van der Waals surface area contributed by atoms with Gasteiger partial charge >= 0.3 is 0 Å². The second kappa shape index (κ2) is 9.62. The van der Waals surface area contributed by atoms with Gasteiger partial charge in [0.15, 0.2) is 0 Å². The Kier molecular flexibility index (Phi) is 7.98. The molecule has 0 saturated heterocycles. The van der Waals surface area contributed by atoms with E-state index in [1.807, 2.05) is 18.3 Å². The van der Waals surface area contributed by atoms with E-state index >= 15 is 0 Å². The number of aromatic nitrogens is 1. The van der Waals surface area contributed by atoms with Crippen LogP contribution in [0.4, 0.5) is 11.5 Å². The fourth-order valence-corrected chi connectivity index (χ4v) is 1.58. The van der Waals surface area contributed by atoms with Gasteiger partial charge in [-0.25, -0.2) is 4.98 Å². The number of ether oxygens (including phenoxy) is 1. The van der Waals surface area contributed by atoms with Gasteiger partial charge < -0.3 is 15.4 Å². The van der Waals surface area contributed by atoms with Gasteiger partial charge in [0.2, 0.25) is 0 Å². The van der Waals surface area contributed by atoms with Crippen molar-refractivity contribution in [2.24, 2.45) is 5.92 Å². The van der Waals surface area contributed by atoms with E-state index in [1.54, 1.807) is 0 Å². The van der Waals surface area contributed by atoms with Crippen LogP contribution in [0.1, 0.15) is 33.6 Å². The topological polar surface area (TPSA) is 46.2 Å². The summed E-state index contributed by atoms with van der Waals surface area (Å²) in [5.41, 5.74) is 1.08. The van der Waals surface area contributed by atoms with E-state index in [2.05, 4.69) is 36.4 Å². The third-order valence-corrected chi connectivity index (χ3v) is 2.73. The Morgan fingerprint density at radius 2 is 2.05 bits per heavy atom. The summed E-state index contributed by atoms with van der Waals surface area (Å²) in [6, 6.07) is 4.01. The number of hydrogen-bond donors (Lipinski definition) is 2. The fourth-order valence-electron chi connectivity index (χ4n) is 1.58. The molecule has 108 valence electrons. The normalized spacial score (nSPS) is 10.7. The molecule has 0 aliphatic rings. The third-order valence-electron chi connectivity index (χ3n) is 2.73. The van der Waals surface area contributed by atoms with Crippen LogP contribution in [-0.4, -0.2) is 31.3 Å². The highest BCUT2D eigenvalue weighted by atomic mass is 16.5. The largest absolute Gasteiger partial charge is 0.383 e. The van der Waals surface area contributed by atoms with Crippen molar-refractivity contribution in [3.63, 3.8) is 0 Å². The lowest BCUT2D eigenvalue weighted by atomic mass is 10.1. The van der Waals surface area contributed by atoms with E-state index in [9.17, 15) is 0 Å². The molecule has 4 heteroatoms. The molecule has 0 aromatic carbocycles. The van der Waals surface area contributed by atoms with Gasteiger partial charge in [-0.3, -0.25) is 0 Å². The van der Waals surface area contributed by atoms with Crippen LogP contribution in [0.5, 0.6) is 0 Å². The van der Waals surface area contributed by atoms with Gasteiger partial charge in [0.05, 0.1) is 6.61 Å². The van der Waals surface area contributed by atoms with Gasteiger partial charge in [0.25, 0.3) is 0 Å². The lowest BCUT2D eigenvalue weighted by Gasteiger charge is -2.10. The van der Waals surface area contributed by atoms with Crippen molar-refractivity contribution in [2.45, 2.75) is 33.6 Å². The Bertz CT molecular complexity index is 342. The second-order valence-electron chi connectivity index (χ2n) is 5.08. The van der Waals surface area contributed by atoms with Crippen molar-refractivity contribution in [1.29, 1.82) is 0 Å². The van der Waals surface area contributed by atoms with Gasteiger partial charge in [-0.1, -0.05) is 20.8 Å². The zero-order valence-electron chi connectivity index (χ0n) is 12.4. The molecule has 0 amide bonds. The van der Waals surface area contributed by atoms with Gasteiger partial charge in [0.1, 0.15) is 5.82 Å². The Labute approximate surface area is 117 Å². The van der Waals surface area contributed by atoms with E-state index in [0.717, 1.165) is 50.7 Å². The van der Waals surface area contributed by atoms with Crippen LogP contribution in [0.3, 0.4) is 0 Å². The number of hydrogen-bond acceptors (Lipinski definition) is 4. The minimum atomic E-state index is 0.709. The average Bonchev–Trinajstić information content (AvgIpc) is 2.40. The summed E-state index contributed by atoms with van der Waals surface area (Å²) < 4.78 is 5.57. The Hall–Kier alpha value is -1.29. The standard InChI is InChI=1S/C15H27N3O/c1-4-7-17-15-12-14(5-8-18-15)16-9-11-19-10-6-13(2)3/h5,8,12-13H,4,6-7,9-11H2,1-3H3,(H2,16,17,18). The Balaban J connectivity index is 2.18. The summed E-state index contributed by atoms with van der Waals surface area (Å²) in [7, 11) is 0. The molecule has 0 aliphatic heterocycles. The maximum atomic E-state index is 5.57. The number of pyridine rings is 1. The first-order valence-electron chi connectivity index (χ1n) is 7.24. The first kappa shape index (κ1) is 15.8. The fraction of sp³-hybridized carbons (Fsp3) is 0.667. The molecular formula is C15H27N3O. The summed E-state index contributed by atoms with van der Waals surface area (Å²) in [4.78, 5) is 4.27. The summed E-state index contributed by atoms with van der Waals surface area (Å²) in [6.45, 7) is 9.94. The highest BCUT2D eigenvalue weighted by Crippen LogP contribution is 2.11.